The number of likely N-dealkylation sites (tertiary alicyclic amines) is 1. The molecule has 0 bridgehead atoms. The van der Waals surface area contributed by atoms with E-state index in [9.17, 15) is 9.18 Å². The third kappa shape index (κ3) is 4.63. The van der Waals surface area contributed by atoms with Crippen molar-refractivity contribution in [2.75, 3.05) is 6.54 Å². The molecule has 1 aliphatic heterocycles. The zero-order valence-corrected chi connectivity index (χ0v) is 19.6. The summed E-state index contributed by atoms with van der Waals surface area (Å²) < 4.78 is 30.1. The normalized spacial score (nSPS) is 22.0. The molecular weight excluding hydrogens is 460 g/mol. The number of piperidine rings is 1. The molecule has 1 atom stereocenters. The fourth-order valence-corrected chi connectivity index (χ4v) is 4.09. The lowest BCUT2D eigenvalue weighted by Gasteiger charge is -2.67. The predicted octanol–water partition coefficient (Wildman–Crippen LogP) is -0.696. The van der Waals surface area contributed by atoms with Crippen LogP contribution in [-0.4, -0.2) is 106 Å². The summed E-state index contributed by atoms with van der Waals surface area (Å²) in [6.07, 6.45) is 2.19. The minimum absolute atomic E-state index is 0.0943. The lowest BCUT2D eigenvalue weighted by molar-refractivity contribution is -0.00355. The third-order valence-electron chi connectivity index (χ3n) is 6.08. The van der Waals surface area contributed by atoms with E-state index in [-0.39, 0.29) is 16.4 Å². The average molecular weight is 473 g/mol. The summed E-state index contributed by atoms with van der Waals surface area (Å²) in [6, 6.07) is 3.16. The first-order valence-electron chi connectivity index (χ1n) is 10.2. The Balaban J connectivity index is 1.95. The Bertz CT molecular complexity index is 1140. The Morgan fingerprint density at radius 1 is 1.14 bits per heavy atom. The maximum absolute atomic E-state index is 16.6. The van der Waals surface area contributed by atoms with Gasteiger partial charge in [-0.05, 0) is 53.1 Å². The molecule has 1 fully saturated rings. The number of nitrogens with one attached hydrogen (secondary N) is 1. The number of carbonyl (C=O) groups excluding carboxylic acids is 1. The van der Waals surface area contributed by atoms with Crippen LogP contribution in [0.4, 0.5) is 8.78 Å². The van der Waals surface area contributed by atoms with Crippen molar-refractivity contribution in [2.45, 2.75) is 40.2 Å². The molecule has 0 saturated carbocycles. The molecule has 2 heterocycles. The first-order chi connectivity index (χ1) is 15.9. The minimum atomic E-state index is -3.00. The lowest BCUT2D eigenvalue weighted by Crippen LogP contribution is -2.80. The van der Waals surface area contributed by atoms with Gasteiger partial charge in [-0.1, -0.05) is 16.8 Å². The van der Waals surface area contributed by atoms with E-state index in [0.717, 1.165) is 23.1 Å². The quantitative estimate of drug-likeness (QED) is 0.585. The Morgan fingerprint density at radius 2 is 1.71 bits per heavy atom. The number of aryl methyl sites for hydroxylation is 1. The van der Waals surface area contributed by atoms with E-state index in [0.29, 0.717) is 5.56 Å². The summed E-state index contributed by atoms with van der Waals surface area (Å²) in [5.41, 5.74) is -2.39. The van der Waals surface area contributed by atoms with E-state index >= 15 is 4.39 Å². The number of amides is 1. The summed E-state index contributed by atoms with van der Waals surface area (Å²) in [4.78, 5) is 21.9. The third-order valence-corrected chi connectivity index (χ3v) is 6.37. The van der Waals surface area contributed by atoms with Crippen LogP contribution in [0.5, 0.6) is 0 Å². The highest BCUT2D eigenvalue weighted by Gasteiger charge is 2.63. The van der Waals surface area contributed by atoms with Gasteiger partial charge in [0, 0.05) is 24.5 Å². The molecule has 35 heavy (non-hydrogen) atoms. The molecule has 1 unspecified atom stereocenters. The fraction of sp³-hybridized carbons (Fsp3) is 0.421. The maximum atomic E-state index is 16.6. The van der Waals surface area contributed by atoms with Gasteiger partial charge < -0.3 is 10.2 Å². The van der Waals surface area contributed by atoms with Crippen LogP contribution >= 0.6 is 11.6 Å². The van der Waals surface area contributed by atoms with Crippen molar-refractivity contribution in [3.8, 4) is 0 Å². The minimum Gasteiger partial charge on any atom is -0.351 e. The molecule has 2 aromatic rings. The number of alkyl halides is 1. The van der Waals surface area contributed by atoms with Gasteiger partial charge in [-0.2, -0.15) is 0 Å². The van der Waals surface area contributed by atoms with Gasteiger partial charge in [0.25, 0.3) is 5.91 Å². The summed E-state index contributed by atoms with van der Waals surface area (Å²) in [5.74, 6) is -1.76. The molecule has 160 valence electrons. The standard InChI is InChI=1S/C19H13B8ClF2N4O/c1-9-7-31-14(32-8-9)16(20,21)33-18(24,25)15(30)4-5-34(19(26,27)17(15,22)23)13(35)10-2-3-12(29)11(28)6-10/h2-3,6-8,33H,4-5H2,1H3. The number of hydrogen-bond acceptors (Lipinski definition) is 4. The van der Waals surface area contributed by atoms with Gasteiger partial charge in [0.1, 0.15) is 17.3 Å². The first-order valence-corrected chi connectivity index (χ1v) is 10.6. The molecule has 16 radical (unpaired) electrons. The summed E-state index contributed by atoms with van der Waals surface area (Å²) in [5, 5.41) is -8.13. The van der Waals surface area contributed by atoms with Crippen molar-refractivity contribution in [3.05, 3.63) is 58.4 Å². The van der Waals surface area contributed by atoms with Crippen molar-refractivity contribution in [3.63, 3.8) is 0 Å². The highest BCUT2D eigenvalue weighted by Crippen LogP contribution is 2.55. The number of hydrogen-bond donors (Lipinski definition) is 1. The number of benzene rings is 1. The zero-order chi connectivity index (χ0) is 26.6. The molecule has 0 aliphatic carbocycles. The van der Waals surface area contributed by atoms with Gasteiger partial charge >= 0.3 is 0 Å². The number of rotatable bonds is 5. The number of nitrogens with zero attached hydrogens (tertiary/aromatic N) is 3. The topological polar surface area (TPSA) is 58.1 Å². The molecule has 1 N–H and O–H groups in total. The van der Waals surface area contributed by atoms with Crippen molar-refractivity contribution >= 4 is 80.3 Å². The van der Waals surface area contributed by atoms with Gasteiger partial charge in [0.2, 0.25) is 0 Å². The molecule has 5 nitrogen and oxygen atoms in total. The molecule has 1 aromatic heterocycles. The SMILES string of the molecule is [B]C([B])(NC([B])([B])C1(F)CCN(C(=O)c2ccc(F)c(Cl)c2)C([B])([B])C1([B])[B])c1ncc(C)cn1. The molecule has 1 aromatic carbocycles. The Labute approximate surface area is 219 Å². The van der Waals surface area contributed by atoms with Crippen molar-refractivity contribution in [1.82, 2.24) is 20.2 Å². The van der Waals surface area contributed by atoms with Crippen LogP contribution in [0, 0.1) is 12.7 Å². The second kappa shape index (κ2) is 9.05. The number of halogens is 3. The summed E-state index contributed by atoms with van der Waals surface area (Å²) >= 11 is 5.76. The van der Waals surface area contributed by atoms with Crippen LogP contribution in [0.3, 0.4) is 0 Å². The van der Waals surface area contributed by atoms with E-state index in [4.69, 9.17) is 74.4 Å². The highest BCUT2D eigenvalue weighted by atomic mass is 35.5. The van der Waals surface area contributed by atoms with E-state index in [1.807, 2.05) is 0 Å². The van der Waals surface area contributed by atoms with Crippen LogP contribution in [0.1, 0.15) is 28.2 Å². The Kier molecular flexibility index (Phi) is 7.24. The van der Waals surface area contributed by atoms with E-state index in [2.05, 4.69) is 15.3 Å². The largest absolute Gasteiger partial charge is 0.351 e. The monoisotopic (exact) mass is 474 g/mol. The van der Waals surface area contributed by atoms with Crippen LogP contribution in [-0.2, 0) is 5.34 Å². The molecule has 16 heteroatoms. The first kappa shape index (κ1) is 28.0. The second-order valence-corrected chi connectivity index (χ2v) is 9.19. The molecular formula is C19H13B8ClF2N4O. The summed E-state index contributed by atoms with van der Waals surface area (Å²) in [6.45, 7) is 1.28. The lowest BCUT2D eigenvalue weighted by atomic mass is 9.23. The molecule has 0 spiro atoms. The predicted molar refractivity (Wildman–Crippen MR) is 137 cm³/mol. The highest BCUT2D eigenvalue weighted by molar-refractivity contribution is 6.57. The second-order valence-electron chi connectivity index (χ2n) is 8.78. The zero-order valence-electron chi connectivity index (χ0n) is 18.8. The number of carbonyl (C=O) groups is 1. The van der Waals surface area contributed by atoms with E-state index in [1.165, 1.54) is 12.4 Å². The smallest absolute Gasteiger partial charge is 0.252 e. The van der Waals surface area contributed by atoms with Gasteiger partial charge in [-0.25, -0.2) is 18.7 Å². The van der Waals surface area contributed by atoms with Crippen molar-refractivity contribution < 1.29 is 13.6 Å². The van der Waals surface area contributed by atoms with Crippen molar-refractivity contribution in [2.24, 2.45) is 0 Å². The van der Waals surface area contributed by atoms with Crippen LogP contribution < -0.4 is 5.32 Å². The molecule has 1 saturated heterocycles. The van der Waals surface area contributed by atoms with Gasteiger partial charge in [-0.15, -0.1) is 0 Å². The molecule has 1 aliphatic rings. The van der Waals surface area contributed by atoms with Gasteiger partial charge in [-0.3, -0.25) is 4.79 Å². The van der Waals surface area contributed by atoms with Gasteiger partial charge in [0.05, 0.1) is 67.8 Å². The van der Waals surface area contributed by atoms with Crippen molar-refractivity contribution in [1.29, 1.82) is 0 Å². The van der Waals surface area contributed by atoms with Crippen LogP contribution in [0.2, 0.25) is 10.2 Å². The number of aromatic nitrogens is 2. The van der Waals surface area contributed by atoms with Gasteiger partial charge in [0.15, 0.2) is 0 Å². The maximum Gasteiger partial charge on any atom is 0.252 e. The van der Waals surface area contributed by atoms with Crippen LogP contribution in [0.15, 0.2) is 30.6 Å². The molecule has 1 amide bonds. The average Bonchev–Trinajstić information content (AvgIpc) is 2.73. The summed E-state index contributed by atoms with van der Waals surface area (Å²) in [7, 11) is 48.7. The van der Waals surface area contributed by atoms with Crippen LogP contribution in [0.25, 0.3) is 0 Å². The Hall–Kier alpha value is -1.60. The Morgan fingerprint density at radius 3 is 2.26 bits per heavy atom. The van der Waals surface area contributed by atoms with E-state index < -0.39 is 51.6 Å². The fourth-order valence-electron chi connectivity index (χ4n) is 3.91. The van der Waals surface area contributed by atoms with E-state index in [1.54, 1.807) is 6.92 Å². The molecule has 3 rings (SSSR count).